The summed E-state index contributed by atoms with van der Waals surface area (Å²) in [4.78, 5) is 20.8. The molecule has 9 heteroatoms. The molecule has 0 aromatic carbocycles. The standard InChI is InChI=1S/C12H16N4O4.CH4.Na/c1-11(7-13,5-3-9(17)18)15-16-12(2,8-14)6-4-10(19)20;;/h3-6H2,1-2H3,(H,17,18)(H,19,20);1H4;/q;;+1/p-2. The smallest absolute Gasteiger partial charge is 0.550 e. The maximum atomic E-state index is 10.4. The molecule has 116 valence electrons. The van der Waals surface area contributed by atoms with Gasteiger partial charge >= 0.3 is 29.6 Å². The van der Waals surface area contributed by atoms with Gasteiger partial charge in [-0.1, -0.05) is 7.43 Å². The van der Waals surface area contributed by atoms with Gasteiger partial charge < -0.3 is 19.8 Å². The van der Waals surface area contributed by atoms with Crippen LogP contribution >= 0.6 is 0 Å². The Morgan fingerprint density at radius 1 is 0.955 bits per heavy atom. The molecule has 0 saturated heterocycles. The number of hydrogen-bond donors (Lipinski definition) is 0. The number of azo groups is 1. The summed E-state index contributed by atoms with van der Waals surface area (Å²) in [7, 11) is 0. The average molecular weight is 317 g/mol. The first-order valence-corrected chi connectivity index (χ1v) is 5.83. The summed E-state index contributed by atoms with van der Waals surface area (Å²) in [6.45, 7) is 2.74. The van der Waals surface area contributed by atoms with E-state index in [9.17, 15) is 19.8 Å². The van der Waals surface area contributed by atoms with Gasteiger partial charge in [-0.25, -0.2) is 0 Å². The fourth-order valence-corrected chi connectivity index (χ4v) is 1.17. The van der Waals surface area contributed by atoms with Crippen molar-refractivity contribution in [2.45, 2.75) is 58.0 Å². The van der Waals surface area contributed by atoms with Crippen LogP contribution in [0.15, 0.2) is 10.2 Å². The molecule has 2 unspecified atom stereocenters. The van der Waals surface area contributed by atoms with E-state index in [0.717, 1.165) is 0 Å². The van der Waals surface area contributed by atoms with Crippen LogP contribution in [0.3, 0.4) is 0 Å². The first-order chi connectivity index (χ1) is 9.16. The Balaban J connectivity index is -0.00000180. The van der Waals surface area contributed by atoms with E-state index in [-0.39, 0.29) is 62.7 Å². The number of aliphatic carboxylic acids is 2. The molecular weight excluding hydrogens is 299 g/mol. The van der Waals surface area contributed by atoms with Crippen molar-refractivity contribution >= 4 is 11.9 Å². The predicted octanol–water partition coefficient (Wildman–Crippen LogP) is -3.30. The van der Waals surface area contributed by atoms with Gasteiger partial charge in [0.05, 0.1) is 12.1 Å². The fraction of sp³-hybridized carbons (Fsp3) is 0.692. The molecule has 0 heterocycles. The predicted molar refractivity (Wildman–Crippen MR) is 68.1 cm³/mol. The second-order valence-corrected chi connectivity index (χ2v) is 4.72. The summed E-state index contributed by atoms with van der Waals surface area (Å²) in [6.07, 6.45) is -0.967. The molecule has 0 rings (SSSR count). The Kier molecular flexibility index (Phi) is 12.9. The molecule has 8 nitrogen and oxygen atoms in total. The van der Waals surface area contributed by atoms with E-state index in [1.165, 1.54) is 13.8 Å². The van der Waals surface area contributed by atoms with Gasteiger partial charge in [0, 0.05) is 11.9 Å². The maximum Gasteiger partial charge on any atom is 1.00 e. The molecule has 0 aliphatic carbocycles. The van der Waals surface area contributed by atoms with Crippen LogP contribution in [0.1, 0.15) is 47.0 Å². The zero-order valence-corrected chi connectivity index (χ0v) is 14.3. The zero-order chi connectivity index (χ0) is 15.8. The SMILES string of the molecule is C.CC(C#N)(CCC(=O)[O-])N=NC(C)(C#N)CCC(=O)[O-].[Na+]. The molecule has 22 heavy (non-hydrogen) atoms. The minimum atomic E-state index is -1.40. The zero-order valence-electron chi connectivity index (χ0n) is 12.3. The van der Waals surface area contributed by atoms with Crippen LogP contribution in [-0.2, 0) is 9.59 Å². The van der Waals surface area contributed by atoms with Crippen molar-refractivity contribution in [3.05, 3.63) is 0 Å². The number of carboxylic acid groups (broad SMARTS) is 2. The van der Waals surface area contributed by atoms with Crippen molar-refractivity contribution in [1.29, 1.82) is 10.5 Å². The van der Waals surface area contributed by atoms with Gasteiger partial charge in [0.2, 0.25) is 0 Å². The Labute approximate surface area is 152 Å². The normalized spacial score (nSPS) is 15.1. The minimum absolute atomic E-state index is 0. The van der Waals surface area contributed by atoms with E-state index in [0.29, 0.717) is 0 Å². The topological polar surface area (TPSA) is 153 Å². The molecule has 0 aliphatic heterocycles. The number of carboxylic acids is 2. The third-order valence-electron chi connectivity index (χ3n) is 2.60. The number of nitriles is 2. The summed E-state index contributed by atoms with van der Waals surface area (Å²) < 4.78 is 0. The van der Waals surface area contributed by atoms with E-state index >= 15 is 0 Å². The number of nitrogens with zero attached hydrogens (tertiary/aromatic N) is 4. The molecule has 0 bridgehead atoms. The average Bonchev–Trinajstić information content (AvgIpc) is 2.41. The van der Waals surface area contributed by atoms with Crippen LogP contribution in [0.25, 0.3) is 0 Å². The second kappa shape index (κ2) is 11.1. The Morgan fingerprint density at radius 3 is 1.41 bits per heavy atom. The number of carbonyl (C=O) groups excluding carboxylic acids is 2. The van der Waals surface area contributed by atoms with Crippen LogP contribution < -0.4 is 39.8 Å². The third-order valence-corrected chi connectivity index (χ3v) is 2.60. The van der Waals surface area contributed by atoms with Crippen molar-refractivity contribution in [2.75, 3.05) is 0 Å². The van der Waals surface area contributed by atoms with Crippen LogP contribution in [0.4, 0.5) is 0 Å². The number of carbonyl (C=O) groups is 2. The van der Waals surface area contributed by atoms with Gasteiger partial charge in [-0.15, -0.1) is 0 Å². The van der Waals surface area contributed by atoms with Gasteiger partial charge in [-0.05, 0) is 39.5 Å². The fourth-order valence-electron chi connectivity index (χ4n) is 1.17. The van der Waals surface area contributed by atoms with Crippen LogP contribution in [-0.4, -0.2) is 23.0 Å². The second-order valence-electron chi connectivity index (χ2n) is 4.72. The van der Waals surface area contributed by atoms with E-state index in [2.05, 4.69) is 10.2 Å². The first-order valence-electron chi connectivity index (χ1n) is 5.83. The molecule has 0 aromatic heterocycles. The van der Waals surface area contributed by atoms with Crippen molar-refractivity contribution in [1.82, 2.24) is 0 Å². The molecule has 2 atom stereocenters. The Bertz CT molecular complexity index is 453. The van der Waals surface area contributed by atoms with E-state index < -0.39 is 23.0 Å². The van der Waals surface area contributed by atoms with Gasteiger partial charge in [0.25, 0.3) is 0 Å². The molecule has 0 amide bonds. The summed E-state index contributed by atoms with van der Waals surface area (Å²) in [5, 5.41) is 46.1. The summed E-state index contributed by atoms with van der Waals surface area (Å²) >= 11 is 0. The molecule has 0 aliphatic rings. The molecule has 0 radical (unpaired) electrons. The van der Waals surface area contributed by atoms with Crippen LogP contribution in [0.5, 0.6) is 0 Å². The largest absolute Gasteiger partial charge is 1.00 e. The molecule has 0 spiro atoms. The molecule has 0 N–H and O–H groups in total. The van der Waals surface area contributed by atoms with Crippen molar-refractivity contribution < 1.29 is 49.4 Å². The summed E-state index contributed by atoms with van der Waals surface area (Å²) in [6, 6.07) is 3.61. The van der Waals surface area contributed by atoms with E-state index in [1.807, 2.05) is 0 Å². The van der Waals surface area contributed by atoms with Gasteiger partial charge in [-0.2, -0.15) is 20.8 Å². The third kappa shape index (κ3) is 10.3. The van der Waals surface area contributed by atoms with Crippen molar-refractivity contribution in [3.63, 3.8) is 0 Å². The van der Waals surface area contributed by atoms with Crippen molar-refractivity contribution in [3.8, 4) is 12.1 Å². The Hall–Kier alpha value is -1.48. The number of hydrogen-bond acceptors (Lipinski definition) is 8. The first kappa shape index (κ1) is 25.5. The van der Waals surface area contributed by atoms with Crippen LogP contribution in [0, 0.1) is 22.7 Å². The quantitative estimate of drug-likeness (QED) is 0.337. The maximum absolute atomic E-state index is 10.4. The van der Waals surface area contributed by atoms with Gasteiger partial charge in [0.15, 0.2) is 11.1 Å². The van der Waals surface area contributed by atoms with Gasteiger partial charge in [-0.3, -0.25) is 0 Å². The summed E-state index contributed by atoms with van der Waals surface area (Å²) in [5.74, 6) is -2.64. The number of rotatable bonds is 8. The van der Waals surface area contributed by atoms with Crippen LogP contribution in [0.2, 0.25) is 0 Å². The monoisotopic (exact) mass is 317 g/mol. The Morgan fingerprint density at radius 2 is 1.23 bits per heavy atom. The van der Waals surface area contributed by atoms with E-state index in [1.54, 1.807) is 12.1 Å². The van der Waals surface area contributed by atoms with Crippen molar-refractivity contribution in [2.24, 2.45) is 10.2 Å². The molecule has 0 saturated carbocycles. The molecular formula is C13H18N4NaO4-. The molecule has 0 aromatic rings. The van der Waals surface area contributed by atoms with Gasteiger partial charge in [0.1, 0.15) is 0 Å². The van der Waals surface area contributed by atoms with E-state index in [4.69, 9.17) is 10.5 Å². The minimum Gasteiger partial charge on any atom is -0.550 e. The molecule has 0 fully saturated rings. The summed E-state index contributed by atoms with van der Waals surface area (Å²) in [5.41, 5.74) is -2.81.